The van der Waals surface area contributed by atoms with Gasteiger partial charge in [-0.25, -0.2) is 14.4 Å². The molecule has 0 fully saturated rings. The maximum absolute atomic E-state index is 13.4. The predicted octanol–water partition coefficient (Wildman–Crippen LogP) is 10.7. The number of ether oxygens (including phenoxy) is 12. The van der Waals surface area contributed by atoms with Crippen molar-refractivity contribution in [3.63, 3.8) is 0 Å². The highest BCUT2D eigenvalue weighted by Crippen LogP contribution is 2.43. The molecule has 0 unspecified atom stereocenters. The molecule has 6 amide bonds. The van der Waals surface area contributed by atoms with Gasteiger partial charge in [0.05, 0.1) is 73.0 Å². The van der Waals surface area contributed by atoms with Crippen molar-refractivity contribution in [3.05, 3.63) is 171 Å². The van der Waals surface area contributed by atoms with Gasteiger partial charge in [0.25, 0.3) is 17.7 Å². The predicted molar refractivity (Wildman–Crippen MR) is 449 cm³/mol. The Morgan fingerprint density at radius 3 is 1.31 bits per heavy atom. The molecule has 0 saturated heterocycles. The highest BCUT2D eigenvalue weighted by molar-refractivity contribution is 6.23. The lowest BCUT2D eigenvalue weighted by molar-refractivity contribution is -0.121. The van der Waals surface area contributed by atoms with Gasteiger partial charge in [-0.2, -0.15) is 0 Å². The monoisotopic (exact) mass is 1680 g/mol. The summed E-state index contributed by atoms with van der Waals surface area (Å²) in [6.45, 7) is 25.4. The van der Waals surface area contributed by atoms with Crippen LogP contribution in [0.15, 0.2) is 165 Å². The van der Waals surface area contributed by atoms with Crippen LogP contribution < -0.4 is 33.2 Å². The lowest BCUT2D eigenvalue weighted by Crippen LogP contribution is -2.40. The first-order valence-electron chi connectivity index (χ1n) is 39.5. The Kier molecular flexibility index (Phi) is 41.6. The van der Waals surface area contributed by atoms with E-state index >= 15 is 0 Å². The third-order valence-electron chi connectivity index (χ3n) is 21.6. The Morgan fingerprint density at radius 2 is 0.875 bits per heavy atom. The molecule has 5 aliphatic rings. The smallest absolute Gasteiger partial charge is 0.405 e. The number of aromatic hydroxyl groups is 2. The van der Waals surface area contributed by atoms with Crippen LogP contribution in [0.25, 0.3) is 0 Å². The number of nitrogens with one attached hydrogen (secondary N) is 3. The molecule has 3 heterocycles. The summed E-state index contributed by atoms with van der Waals surface area (Å²) < 4.78 is 67.6. The molecule has 1 aromatic rings. The second kappa shape index (κ2) is 48.9. The zero-order valence-electron chi connectivity index (χ0n) is 73.2. The molecular weight excluding hydrogens is 1550 g/mol. The fraction of sp³-hybridized carbons (Fsp3) is 0.528. The van der Waals surface area contributed by atoms with Crippen LogP contribution in [0.3, 0.4) is 0 Å². The van der Waals surface area contributed by atoms with E-state index in [-0.39, 0.29) is 111 Å². The number of aliphatic hydroxyl groups excluding tert-OH is 1. The zero-order chi connectivity index (χ0) is 90.4. The van der Waals surface area contributed by atoms with Gasteiger partial charge in [-0.3, -0.25) is 33.6 Å². The quantitative estimate of drug-likeness (QED) is 0.0308. The van der Waals surface area contributed by atoms with Crippen molar-refractivity contribution in [1.82, 2.24) is 10.6 Å². The number of carbonyl (C=O) groups excluding carboxylic acids is 10. The van der Waals surface area contributed by atoms with E-state index in [1.165, 1.54) is 66.8 Å². The summed E-state index contributed by atoms with van der Waals surface area (Å²) in [6.07, 6.45) is 14.9. The SMILES string of the molecule is COC1=C2C[C@@H](C)C[C@H](OC)[C@H](O)[C@@H](C)/C=C(\C)[C@H](OC(N)=O)[C@@H](OC)/C=C\C=C(/C)C(=O)NC(=CC1=O)C2=O.CO[C@H]1[C@@H](OC)C[C@H](C)[C@@H](OC)C2=CC(=O)C=C(NC(=O)/C(C)=C/C=C\[C@H](C)[C@@H](OC(N)=O)/C(C)=C/[C@@H]1C)C2=O.CO[C@H]1[C@@H](OC)C[C@H](C)[C@@H](OC)c2cc(O)cc(c2O)NC(=O)/C(C)=C/C=C\[C@H](C)[C@@H](OC(N)=O)/C(C)=C/[C@@H]1C. The van der Waals surface area contributed by atoms with E-state index in [1.807, 2.05) is 74.5 Å². The van der Waals surface area contributed by atoms with Crippen molar-refractivity contribution >= 4 is 64.8 Å². The molecule has 662 valence electrons. The minimum Gasteiger partial charge on any atom is -0.508 e. The Morgan fingerprint density at radius 1 is 0.450 bits per heavy atom. The second-order valence-electron chi connectivity index (χ2n) is 30.9. The number of phenolic OH excluding ortho intramolecular Hbond substituents is 2. The molecule has 3 aliphatic heterocycles. The lowest BCUT2D eigenvalue weighted by atomic mass is 9.83. The maximum atomic E-state index is 13.4. The third kappa shape index (κ3) is 29.0. The fourth-order valence-corrected chi connectivity index (χ4v) is 15.3. The van der Waals surface area contributed by atoms with E-state index in [9.17, 15) is 63.3 Å². The van der Waals surface area contributed by atoms with Gasteiger partial charge >= 0.3 is 18.3 Å². The Hall–Kier alpha value is -10.2. The summed E-state index contributed by atoms with van der Waals surface area (Å²) in [6, 6.07) is 2.71. The van der Waals surface area contributed by atoms with Crippen LogP contribution in [-0.2, 0) is 90.4 Å². The van der Waals surface area contributed by atoms with Gasteiger partial charge in [-0.05, 0) is 114 Å². The van der Waals surface area contributed by atoms with Gasteiger partial charge in [0, 0.05) is 138 Å². The number of Topliss-reactive ketones (excluding diaryl/α,β-unsaturated/α-hetero) is 2. The highest BCUT2D eigenvalue weighted by Gasteiger charge is 2.40. The van der Waals surface area contributed by atoms with Gasteiger partial charge in [-0.1, -0.05) is 128 Å². The molecule has 1 aromatic carbocycles. The average Bonchev–Trinajstić information content (AvgIpc) is 0.904. The minimum atomic E-state index is -1.00. The zero-order valence-corrected chi connectivity index (χ0v) is 73.2. The Bertz CT molecular complexity index is 4250. The first-order valence-corrected chi connectivity index (χ1v) is 39.5. The van der Waals surface area contributed by atoms with Crippen LogP contribution >= 0.6 is 0 Å². The van der Waals surface area contributed by atoms with Gasteiger partial charge in [0.15, 0.2) is 17.6 Å². The molecule has 6 bridgehead atoms. The maximum Gasteiger partial charge on any atom is 0.405 e. The van der Waals surface area contributed by atoms with Gasteiger partial charge in [-0.15, -0.1) is 0 Å². The van der Waals surface area contributed by atoms with Crippen molar-refractivity contribution in [2.75, 3.05) is 69.3 Å². The summed E-state index contributed by atoms with van der Waals surface area (Å²) in [5.41, 5.74) is 19.5. The molecule has 12 N–H and O–H groups in total. The van der Waals surface area contributed by atoms with E-state index in [4.69, 9.17) is 74.0 Å². The summed E-state index contributed by atoms with van der Waals surface area (Å²) in [7, 11) is 13.6. The van der Waals surface area contributed by atoms with Crippen LogP contribution in [0.4, 0.5) is 20.1 Å². The number of primary amides is 3. The van der Waals surface area contributed by atoms with E-state index < -0.39 is 126 Å². The standard InChI is InChI=1S/C30H44N2O8.C30H42N2O8.C29H40N2O9/c2*1-16-10-9-11-17(2)29(35)32-23-15-21(33)14-22(25(23)34)27(38-7)20(5)13-24(37-6)28(39-8)19(4)12-18(3)26(16)40-30(31)36;1-15-11-19-25(34)20(14-21(32)27(19)39-7)31-28(35)16(2)9-8-10-22(37-5)26(40-29(30)36)18(4)13-17(3)24(33)23(12-15)38-6/h9-12,14-16,19-20,24,26-28,33-34H,13H2,1-8H3,(H2,31,36)(H,32,35);9-12,14-16,19-20,24,26-28H,13H2,1-8H3,(H2,31,36)(H,32,35);8-10,13-15,17,22-24,26,33H,11-12H2,1-7H3,(H2,30,36)(H,31,35)/b2*10-9-,17-11+,18-12+;10-8-,16-9+,18-13+/t2*16-,19-,20-,24-,26+,27+,28+;15-,17+,22+,23+,24-,26+/m001/s1. The minimum absolute atomic E-state index is 0.0543. The number of benzene rings is 1. The number of phenols is 2. The van der Waals surface area contributed by atoms with Gasteiger partial charge < -0.3 is 105 Å². The number of fused-ring (bicyclic) bond motifs is 6. The molecule has 31 nitrogen and oxygen atoms in total. The summed E-state index contributed by atoms with van der Waals surface area (Å²) >= 11 is 0. The molecular formula is C89H126N6O25. The highest BCUT2D eigenvalue weighted by atomic mass is 16.6. The molecule has 0 spiro atoms. The van der Waals surface area contributed by atoms with E-state index in [2.05, 4.69) is 16.0 Å². The lowest BCUT2D eigenvalue weighted by Gasteiger charge is -2.34. The third-order valence-corrected chi connectivity index (χ3v) is 21.6. The molecule has 0 radical (unpaired) electrons. The van der Waals surface area contributed by atoms with Crippen LogP contribution in [0.1, 0.15) is 134 Å². The first kappa shape index (κ1) is 102. The van der Waals surface area contributed by atoms with Crippen molar-refractivity contribution in [1.29, 1.82) is 0 Å². The number of amides is 6. The number of aliphatic hydroxyl groups is 1. The van der Waals surface area contributed by atoms with Crippen LogP contribution in [0, 0.1) is 47.3 Å². The number of ketones is 4. The molecule has 120 heavy (non-hydrogen) atoms. The van der Waals surface area contributed by atoms with Crippen molar-refractivity contribution < 1.29 is 120 Å². The molecule has 0 aromatic heterocycles. The van der Waals surface area contributed by atoms with Crippen LogP contribution in [0.5, 0.6) is 11.5 Å². The molecule has 0 saturated carbocycles. The average molecular weight is 1680 g/mol. The first-order chi connectivity index (χ1) is 56.5. The molecule has 20 atom stereocenters. The number of hydrogen-bond donors (Lipinski definition) is 9. The summed E-state index contributed by atoms with van der Waals surface area (Å²) in [5, 5.41) is 40.4. The Labute approximate surface area is 704 Å². The summed E-state index contributed by atoms with van der Waals surface area (Å²) in [5.74, 6) is -6.01. The van der Waals surface area contributed by atoms with Crippen molar-refractivity contribution in [2.45, 2.75) is 196 Å². The topological polar surface area (TPSA) is 456 Å². The Balaban J connectivity index is 0.000000378. The van der Waals surface area contributed by atoms with E-state index in [0.29, 0.717) is 41.5 Å². The molecule has 6 rings (SSSR count). The largest absolute Gasteiger partial charge is 0.508 e. The normalized spacial score (nSPS) is 33.1. The van der Waals surface area contributed by atoms with Crippen molar-refractivity contribution in [2.24, 2.45) is 64.5 Å². The number of hydrogen-bond acceptors (Lipinski definition) is 25. The van der Waals surface area contributed by atoms with Gasteiger partial charge in [0.2, 0.25) is 17.3 Å². The number of allylic oxidation sites excluding steroid dienone is 11. The van der Waals surface area contributed by atoms with Crippen LogP contribution in [-0.4, -0.2) is 206 Å². The van der Waals surface area contributed by atoms with E-state index in [1.54, 1.807) is 111 Å². The second-order valence-corrected chi connectivity index (χ2v) is 30.9. The van der Waals surface area contributed by atoms with Crippen LogP contribution in [0.2, 0.25) is 0 Å². The molecule has 31 heteroatoms. The van der Waals surface area contributed by atoms with E-state index in [0.717, 1.165) is 23.3 Å². The number of anilines is 1. The number of rotatable bonds is 12. The van der Waals surface area contributed by atoms with Gasteiger partial charge in [0.1, 0.15) is 29.8 Å². The number of carbonyl (C=O) groups is 10. The summed E-state index contributed by atoms with van der Waals surface area (Å²) in [4.78, 5) is 126. The number of nitrogens with two attached hydrogens (primary N) is 3. The molecule has 2 aliphatic carbocycles. The van der Waals surface area contributed by atoms with Crippen molar-refractivity contribution in [3.8, 4) is 11.5 Å². The number of methoxy groups -OCH3 is 9. The fourth-order valence-electron chi connectivity index (χ4n) is 15.3.